The summed E-state index contributed by atoms with van der Waals surface area (Å²) in [6.45, 7) is 0. The Morgan fingerprint density at radius 1 is 0.354 bits per heavy atom. The molecule has 4 aromatic heterocycles. The van der Waals surface area contributed by atoms with Crippen molar-refractivity contribution in [3.63, 3.8) is 0 Å². The molecule has 9 rings (SSSR count). The predicted molar refractivity (Wildman–Crippen MR) is 190 cm³/mol. The zero-order valence-corrected chi connectivity index (χ0v) is 25.6. The van der Waals surface area contributed by atoms with E-state index in [0.29, 0.717) is 23.2 Å². The molecular formula is C42H26N4O2. The zero-order valence-electron chi connectivity index (χ0n) is 25.6. The van der Waals surface area contributed by atoms with E-state index >= 15 is 0 Å². The van der Waals surface area contributed by atoms with Gasteiger partial charge in [-0.3, -0.25) is 9.97 Å². The minimum Gasteiger partial charge on any atom is -0.443 e. The summed E-state index contributed by atoms with van der Waals surface area (Å²) >= 11 is 0. The number of fused-ring (bicyclic) bond motifs is 2. The first-order valence-corrected chi connectivity index (χ1v) is 15.7. The third kappa shape index (κ3) is 4.84. The van der Waals surface area contributed by atoms with E-state index in [1.165, 1.54) is 11.1 Å². The summed E-state index contributed by atoms with van der Waals surface area (Å²) in [7, 11) is 0. The highest BCUT2D eigenvalue weighted by Crippen LogP contribution is 2.45. The van der Waals surface area contributed by atoms with Crippen LogP contribution in [0.5, 0.6) is 0 Å². The number of nitrogens with zero attached hydrogens (tertiary/aromatic N) is 4. The summed E-state index contributed by atoms with van der Waals surface area (Å²) in [5, 5.41) is 4.49. The average Bonchev–Trinajstić information content (AvgIpc) is 3.91. The molecule has 0 bridgehead atoms. The number of pyridine rings is 2. The first kappa shape index (κ1) is 27.6. The molecule has 0 N–H and O–H groups in total. The smallest absolute Gasteiger partial charge is 0.244 e. The molecule has 6 heteroatoms. The van der Waals surface area contributed by atoms with Gasteiger partial charge in [0.15, 0.2) is 0 Å². The van der Waals surface area contributed by atoms with Crippen LogP contribution in [0.3, 0.4) is 0 Å². The summed E-state index contributed by atoms with van der Waals surface area (Å²) < 4.78 is 11.0. The lowest BCUT2D eigenvalue weighted by atomic mass is 9.85. The molecule has 5 aromatic carbocycles. The molecule has 9 aromatic rings. The Labute approximate surface area is 276 Å². The Balaban J connectivity index is 1.26. The molecular weight excluding hydrogens is 592 g/mol. The highest BCUT2D eigenvalue weighted by molar-refractivity contribution is 6.21. The van der Waals surface area contributed by atoms with Crippen LogP contribution in [-0.4, -0.2) is 19.9 Å². The molecule has 4 heterocycles. The molecule has 0 aliphatic carbocycles. The lowest BCUT2D eigenvalue weighted by Crippen LogP contribution is -1.93. The van der Waals surface area contributed by atoms with Gasteiger partial charge in [-0.25, -0.2) is 9.97 Å². The third-order valence-corrected chi connectivity index (χ3v) is 8.76. The Bertz CT molecular complexity index is 2510. The van der Waals surface area contributed by atoms with E-state index in [9.17, 15) is 0 Å². The highest BCUT2D eigenvalue weighted by Gasteiger charge is 2.19. The molecule has 226 valence electrons. The van der Waals surface area contributed by atoms with E-state index in [0.717, 1.165) is 54.9 Å². The minimum atomic E-state index is 0.494. The molecule has 0 spiro atoms. The SMILES string of the molecule is c1ccc(-c2ccc(-c3ccc4c(-c5ccc(-c6ncco6)nc5)c5ccccc5c(-c5ccc(-c6ncco6)nc5)c4c3)cc2)cc1. The maximum absolute atomic E-state index is 5.51. The Morgan fingerprint density at radius 3 is 1.33 bits per heavy atom. The van der Waals surface area contributed by atoms with Crippen LogP contribution in [0.2, 0.25) is 0 Å². The van der Waals surface area contributed by atoms with Gasteiger partial charge < -0.3 is 8.83 Å². The normalized spacial score (nSPS) is 11.3. The summed E-state index contributed by atoms with van der Waals surface area (Å²) in [5.74, 6) is 0.990. The Kier molecular flexibility index (Phi) is 6.68. The monoisotopic (exact) mass is 618 g/mol. The fourth-order valence-corrected chi connectivity index (χ4v) is 6.50. The van der Waals surface area contributed by atoms with E-state index in [2.05, 4.69) is 113 Å². The molecule has 0 radical (unpaired) electrons. The van der Waals surface area contributed by atoms with Crippen LogP contribution in [0.1, 0.15) is 0 Å². The maximum Gasteiger partial charge on any atom is 0.244 e. The van der Waals surface area contributed by atoms with Crippen molar-refractivity contribution in [1.82, 2.24) is 19.9 Å². The van der Waals surface area contributed by atoms with Crippen LogP contribution in [0.4, 0.5) is 0 Å². The van der Waals surface area contributed by atoms with Crippen molar-refractivity contribution in [3.8, 4) is 67.7 Å². The second-order valence-electron chi connectivity index (χ2n) is 11.5. The van der Waals surface area contributed by atoms with Gasteiger partial charge in [0.25, 0.3) is 0 Å². The van der Waals surface area contributed by atoms with Gasteiger partial charge >= 0.3 is 0 Å². The average molecular weight is 619 g/mol. The van der Waals surface area contributed by atoms with Crippen LogP contribution in [0.25, 0.3) is 89.2 Å². The quantitative estimate of drug-likeness (QED) is 0.173. The molecule has 0 aliphatic heterocycles. The molecule has 48 heavy (non-hydrogen) atoms. The lowest BCUT2D eigenvalue weighted by molar-refractivity contribution is 0.572. The Hall–Kier alpha value is -6.66. The van der Waals surface area contributed by atoms with Crippen molar-refractivity contribution < 1.29 is 8.83 Å². The first-order valence-electron chi connectivity index (χ1n) is 15.7. The summed E-state index contributed by atoms with van der Waals surface area (Å²) in [6.07, 6.45) is 10.2. The standard InChI is InChI=1S/C42H26N4O2/c1-2-6-27(7-3-1)28-10-12-29(13-11-28)30-14-17-35-36(24-30)40(32-16-19-38(46-26-32)42-44-21-23-48-42)34-9-5-4-8-33(34)39(35)31-15-18-37(45-25-31)41-43-20-22-47-41/h1-26H. The molecule has 0 amide bonds. The third-order valence-electron chi connectivity index (χ3n) is 8.76. The highest BCUT2D eigenvalue weighted by atomic mass is 16.3. The van der Waals surface area contributed by atoms with Crippen molar-refractivity contribution in [3.05, 3.63) is 159 Å². The van der Waals surface area contributed by atoms with Gasteiger partial charge in [-0.05, 0) is 73.1 Å². The van der Waals surface area contributed by atoms with Gasteiger partial charge in [-0.15, -0.1) is 0 Å². The van der Waals surface area contributed by atoms with Crippen molar-refractivity contribution in [2.75, 3.05) is 0 Å². The largest absolute Gasteiger partial charge is 0.443 e. The van der Waals surface area contributed by atoms with Gasteiger partial charge in [0.05, 0.1) is 12.4 Å². The predicted octanol–water partition coefficient (Wildman–Crippen LogP) is 10.8. The van der Waals surface area contributed by atoms with Crippen LogP contribution >= 0.6 is 0 Å². The van der Waals surface area contributed by atoms with Crippen molar-refractivity contribution in [2.45, 2.75) is 0 Å². The van der Waals surface area contributed by atoms with Gasteiger partial charge in [-0.1, -0.05) is 103 Å². The van der Waals surface area contributed by atoms with Gasteiger partial charge in [0.2, 0.25) is 11.8 Å². The van der Waals surface area contributed by atoms with E-state index < -0.39 is 0 Å². The second-order valence-corrected chi connectivity index (χ2v) is 11.5. The number of benzene rings is 5. The van der Waals surface area contributed by atoms with E-state index in [4.69, 9.17) is 18.8 Å². The summed E-state index contributed by atoms with van der Waals surface area (Å²) in [5.41, 5.74) is 10.3. The number of hydrogen-bond acceptors (Lipinski definition) is 6. The first-order chi connectivity index (χ1) is 23.8. The van der Waals surface area contributed by atoms with E-state index in [-0.39, 0.29) is 0 Å². The topological polar surface area (TPSA) is 77.8 Å². The Morgan fingerprint density at radius 2 is 0.812 bits per heavy atom. The van der Waals surface area contributed by atoms with Crippen LogP contribution in [0.15, 0.2) is 167 Å². The van der Waals surface area contributed by atoms with Crippen molar-refractivity contribution in [2.24, 2.45) is 0 Å². The zero-order chi connectivity index (χ0) is 31.9. The van der Waals surface area contributed by atoms with Crippen LogP contribution in [0, 0.1) is 0 Å². The number of hydrogen-bond donors (Lipinski definition) is 0. The van der Waals surface area contributed by atoms with E-state index in [1.54, 1.807) is 24.9 Å². The van der Waals surface area contributed by atoms with E-state index in [1.807, 2.05) is 30.6 Å². The summed E-state index contributed by atoms with van der Waals surface area (Å²) in [4.78, 5) is 18.1. The van der Waals surface area contributed by atoms with Crippen molar-refractivity contribution in [1.29, 1.82) is 0 Å². The maximum atomic E-state index is 5.51. The number of aromatic nitrogens is 4. The molecule has 0 atom stereocenters. The number of oxazole rings is 2. The molecule has 0 unspecified atom stereocenters. The van der Waals surface area contributed by atoms with Crippen LogP contribution in [-0.2, 0) is 0 Å². The molecule has 0 fully saturated rings. The number of rotatable bonds is 6. The van der Waals surface area contributed by atoms with Crippen LogP contribution < -0.4 is 0 Å². The summed E-state index contributed by atoms with van der Waals surface area (Å²) in [6, 6.07) is 42.6. The van der Waals surface area contributed by atoms with Crippen molar-refractivity contribution >= 4 is 21.5 Å². The molecule has 0 saturated carbocycles. The molecule has 0 aliphatic rings. The fourth-order valence-electron chi connectivity index (χ4n) is 6.50. The van der Waals surface area contributed by atoms with Gasteiger partial charge in [0.1, 0.15) is 23.9 Å². The van der Waals surface area contributed by atoms with Gasteiger partial charge in [0, 0.05) is 23.5 Å². The minimum absolute atomic E-state index is 0.494. The molecule has 0 saturated heterocycles. The lowest BCUT2D eigenvalue weighted by Gasteiger charge is -2.18. The fraction of sp³-hybridized carbons (Fsp3) is 0. The molecule has 6 nitrogen and oxygen atoms in total. The van der Waals surface area contributed by atoms with Gasteiger partial charge in [-0.2, -0.15) is 0 Å². The second kappa shape index (κ2) is 11.6.